The highest BCUT2D eigenvalue weighted by molar-refractivity contribution is 7.92. The number of sulfone groups is 1. The summed E-state index contributed by atoms with van der Waals surface area (Å²) in [5, 5.41) is 1.53. The molecular weight excluding hydrogens is 341 g/mol. The normalized spacial score (nSPS) is 13.9. The molecule has 2 aromatic carbocycles. The van der Waals surface area contributed by atoms with Crippen molar-refractivity contribution in [3.8, 4) is 0 Å². The van der Waals surface area contributed by atoms with Crippen molar-refractivity contribution in [2.75, 3.05) is 0 Å². The fourth-order valence-corrected chi connectivity index (χ4v) is 3.75. The maximum atomic E-state index is 13.0. The maximum Gasteiger partial charge on any atom is 0.238 e. The van der Waals surface area contributed by atoms with Gasteiger partial charge in [-0.15, -0.1) is 0 Å². The summed E-state index contributed by atoms with van der Waals surface area (Å²) in [6.45, 7) is 5.24. The summed E-state index contributed by atoms with van der Waals surface area (Å²) in [6.07, 6.45) is 0.637. The summed E-state index contributed by atoms with van der Waals surface area (Å²) >= 11 is 0. The van der Waals surface area contributed by atoms with Crippen LogP contribution in [0, 0.1) is 12.7 Å². The first kappa shape index (κ1) is 19.1. The third kappa shape index (κ3) is 4.45. The summed E-state index contributed by atoms with van der Waals surface area (Å²) < 4.78 is 38.1. The first-order valence-electron chi connectivity index (χ1n) is 8.12. The second-order valence-corrected chi connectivity index (χ2v) is 8.29. The Labute approximate surface area is 148 Å². The fourth-order valence-electron chi connectivity index (χ4n) is 2.48. The lowest BCUT2D eigenvalue weighted by atomic mass is 10.0. The summed E-state index contributed by atoms with van der Waals surface area (Å²) in [7, 11) is -3.88. The Morgan fingerprint density at radius 1 is 1.08 bits per heavy atom. The number of halogens is 1. The van der Waals surface area contributed by atoms with Gasteiger partial charge in [0.05, 0.1) is 10.9 Å². The van der Waals surface area contributed by atoms with Gasteiger partial charge in [-0.2, -0.15) is 0 Å². The van der Waals surface area contributed by atoms with Gasteiger partial charge in [-0.1, -0.05) is 36.8 Å². The van der Waals surface area contributed by atoms with E-state index >= 15 is 0 Å². The van der Waals surface area contributed by atoms with Crippen LogP contribution in [0.25, 0.3) is 0 Å². The molecule has 0 saturated carbocycles. The zero-order valence-corrected chi connectivity index (χ0v) is 15.3. The third-order valence-corrected chi connectivity index (χ3v) is 6.26. The Bertz CT molecular complexity index is 830. The molecule has 0 spiro atoms. The van der Waals surface area contributed by atoms with E-state index < -0.39 is 26.8 Å². The van der Waals surface area contributed by atoms with E-state index in [0.717, 1.165) is 23.3 Å². The van der Waals surface area contributed by atoms with Crippen molar-refractivity contribution in [3.63, 3.8) is 0 Å². The molecule has 1 N–H and O–H groups in total. The predicted molar refractivity (Wildman–Crippen MR) is 95.4 cm³/mol. The minimum absolute atomic E-state index is 0.0695. The van der Waals surface area contributed by atoms with E-state index in [1.165, 1.54) is 19.1 Å². The largest absolute Gasteiger partial charge is 0.348 e. The van der Waals surface area contributed by atoms with E-state index in [-0.39, 0.29) is 10.9 Å². The smallest absolute Gasteiger partial charge is 0.238 e. The van der Waals surface area contributed by atoms with E-state index in [9.17, 15) is 17.6 Å². The molecule has 25 heavy (non-hydrogen) atoms. The number of aryl methyl sites for hydroxylation is 1. The van der Waals surface area contributed by atoms with Crippen LogP contribution in [-0.4, -0.2) is 19.6 Å². The fraction of sp³-hybridized carbons (Fsp3) is 0.316. The zero-order chi connectivity index (χ0) is 18.6. The summed E-state index contributed by atoms with van der Waals surface area (Å²) in [4.78, 5) is 12.4. The standard InChI is InChI=1S/C19H22FNO3S/c1-4-18(15-7-5-13(2)6-8-15)21-19(22)14(3)25(23,24)17-11-9-16(20)10-12-17/h5-12,14,18H,4H2,1-3H3,(H,21,22). The summed E-state index contributed by atoms with van der Waals surface area (Å²) in [5.41, 5.74) is 2.03. The van der Waals surface area contributed by atoms with Gasteiger partial charge in [-0.05, 0) is 50.1 Å². The number of nitrogens with one attached hydrogen (secondary N) is 1. The lowest BCUT2D eigenvalue weighted by Crippen LogP contribution is -2.39. The molecule has 134 valence electrons. The van der Waals surface area contributed by atoms with Crippen molar-refractivity contribution < 1.29 is 17.6 Å². The van der Waals surface area contributed by atoms with Crippen LogP contribution in [0.5, 0.6) is 0 Å². The highest BCUT2D eigenvalue weighted by atomic mass is 32.2. The molecule has 6 heteroatoms. The molecule has 2 aromatic rings. The number of hydrogen-bond acceptors (Lipinski definition) is 3. The van der Waals surface area contributed by atoms with E-state index in [1.807, 2.05) is 38.1 Å². The van der Waals surface area contributed by atoms with Crippen LogP contribution in [0.15, 0.2) is 53.4 Å². The number of amides is 1. The molecule has 0 saturated heterocycles. The quantitative estimate of drug-likeness (QED) is 0.798. The van der Waals surface area contributed by atoms with E-state index in [1.54, 1.807) is 0 Å². The molecule has 0 heterocycles. The van der Waals surface area contributed by atoms with E-state index in [2.05, 4.69) is 5.32 Å². The molecule has 0 aromatic heterocycles. The van der Waals surface area contributed by atoms with Crippen molar-refractivity contribution in [2.24, 2.45) is 0 Å². The first-order chi connectivity index (χ1) is 11.8. The molecule has 0 radical (unpaired) electrons. The van der Waals surface area contributed by atoms with Gasteiger partial charge in [0.1, 0.15) is 11.1 Å². The molecule has 0 fully saturated rings. The molecule has 0 bridgehead atoms. The van der Waals surface area contributed by atoms with Crippen molar-refractivity contribution in [3.05, 3.63) is 65.5 Å². The first-order valence-corrected chi connectivity index (χ1v) is 9.66. The second-order valence-electron chi connectivity index (χ2n) is 6.02. The summed E-state index contributed by atoms with van der Waals surface area (Å²) in [6, 6.07) is 11.9. The Hall–Kier alpha value is -2.21. The van der Waals surface area contributed by atoms with Crippen molar-refractivity contribution in [1.29, 1.82) is 0 Å². The average molecular weight is 363 g/mol. The highest BCUT2D eigenvalue weighted by Gasteiger charge is 2.31. The molecule has 2 unspecified atom stereocenters. The van der Waals surface area contributed by atoms with Crippen LogP contribution >= 0.6 is 0 Å². The van der Waals surface area contributed by atoms with Crippen LogP contribution in [-0.2, 0) is 14.6 Å². The van der Waals surface area contributed by atoms with Crippen molar-refractivity contribution in [1.82, 2.24) is 5.32 Å². The maximum absolute atomic E-state index is 13.0. The highest BCUT2D eigenvalue weighted by Crippen LogP contribution is 2.20. The SMILES string of the molecule is CCC(NC(=O)C(C)S(=O)(=O)c1ccc(F)cc1)c1ccc(C)cc1. The van der Waals surface area contributed by atoms with Gasteiger partial charge in [0.25, 0.3) is 0 Å². The molecule has 0 aliphatic rings. The number of carbonyl (C=O) groups excluding carboxylic acids is 1. The predicted octanol–water partition coefficient (Wildman–Crippen LogP) is 3.56. The Kier molecular flexibility index (Phi) is 5.95. The molecule has 2 rings (SSSR count). The average Bonchev–Trinajstić information content (AvgIpc) is 2.60. The second kappa shape index (κ2) is 7.78. The minimum atomic E-state index is -3.88. The molecule has 0 aliphatic carbocycles. The zero-order valence-electron chi connectivity index (χ0n) is 14.5. The van der Waals surface area contributed by atoms with Crippen LogP contribution < -0.4 is 5.32 Å². The minimum Gasteiger partial charge on any atom is -0.348 e. The Morgan fingerprint density at radius 3 is 2.16 bits per heavy atom. The van der Waals surface area contributed by atoms with Gasteiger partial charge in [0.2, 0.25) is 5.91 Å². The summed E-state index contributed by atoms with van der Waals surface area (Å²) in [5.74, 6) is -1.10. The van der Waals surface area contributed by atoms with Crippen LogP contribution in [0.2, 0.25) is 0 Å². The van der Waals surface area contributed by atoms with Crippen LogP contribution in [0.1, 0.15) is 37.4 Å². The lowest BCUT2D eigenvalue weighted by Gasteiger charge is -2.20. The van der Waals surface area contributed by atoms with Gasteiger partial charge >= 0.3 is 0 Å². The molecule has 2 atom stereocenters. The van der Waals surface area contributed by atoms with Gasteiger partial charge in [0, 0.05) is 0 Å². The molecule has 4 nitrogen and oxygen atoms in total. The van der Waals surface area contributed by atoms with E-state index in [0.29, 0.717) is 6.42 Å². The number of benzene rings is 2. The van der Waals surface area contributed by atoms with Crippen LogP contribution in [0.3, 0.4) is 0 Å². The third-order valence-electron chi connectivity index (χ3n) is 4.18. The molecule has 0 aliphatic heterocycles. The van der Waals surface area contributed by atoms with Crippen molar-refractivity contribution >= 4 is 15.7 Å². The monoisotopic (exact) mass is 363 g/mol. The number of rotatable bonds is 6. The lowest BCUT2D eigenvalue weighted by molar-refractivity contribution is -0.121. The van der Waals surface area contributed by atoms with Crippen molar-refractivity contribution in [2.45, 2.75) is 43.4 Å². The van der Waals surface area contributed by atoms with Gasteiger partial charge < -0.3 is 5.32 Å². The molecule has 1 amide bonds. The van der Waals surface area contributed by atoms with Gasteiger partial charge in [0.15, 0.2) is 9.84 Å². The number of hydrogen-bond donors (Lipinski definition) is 1. The van der Waals surface area contributed by atoms with E-state index in [4.69, 9.17) is 0 Å². The Morgan fingerprint density at radius 2 is 1.64 bits per heavy atom. The molecular formula is C19H22FNO3S. The van der Waals surface area contributed by atoms with Gasteiger partial charge in [-0.3, -0.25) is 4.79 Å². The van der Waals surface area contributed by atoms with Crippen LogP contribution in [0.4, 0.5) is 4.39 Å². The number of carbonyl (C=O) groups is 1. The topological polar surface area (TPSA) is 63.2 Å². The van der Waals surface area contributed by atoms with Gasteiger partial charge in [-0.25, -0.2) is 12.8 Å². The Balaban J connectivity index is 2.17.